The number of esters is 1. The van der Waals surface area contributed by atoms with E-state index in [9.17, 15) is 22.4 Å². The Morgan fingerprint density at radius 3 is 2.54 bits per heavy atom. The van der Waals surface area contributed by atoms with E-state index in [1.807, 2.05) is 0 Å². The molecule has 0 radical (unpaired) electrons. The smallest absolute Gasteiger partial charge is 0.338 e. The highest BCUT2D eigenvalue weighted by atomic mass is 35.5. The first kappa shape index (κ1) is 27.7. The fourth-order valence-corrected chi connectivity index (χ4v) is 5.00. The third kappa shape index (κ3) is 6.46. The zero-order chi connectivity index (χ0) is 27.2. The van der Waals surface area contributed by atoms with E-state index in [0.717, 1.165) is 22.5 Å². The Bertz CT molecular complexity index is 1430. The second-order valence-electron chi connectivity index (χ2n) is 7.69. The maximum Gasteiger partial charge on any atom is 0.338 e. The molecule has 1 unspecified atom stereocenters. The number of benzene rings is 3. The highest BCUT2D eigenvalue weighted by Gasteiger charge is 2.28. The minimum atomic E-state index is -4.15. The van der Waals surface area contributed by atoms with Gasteiger partial charge in [0.05, 0.1) is 40.5 Å². The molecule has 3 aromatic carbocycles. The van der Waals surface area contributed by atoms with Crippen LogP contribution >= 0.6 is 11.6 Å². The van der Waals surface area contributed by atoms with Gasteiger partial charge in [-0.05, 0) is 55.5 Å². The number of carbonyl (C=O) groups excluding carboxylic acids is 2. The number of sulfonamides is 1. The van der Waals surface area contributed by atoms with Gasteiger partial charge in [0.1, 0.15) is 11.6 Å². The van der Waals surface area contributed by atoms with E-state index < -0.39 is 33.8 Å². The number of rotatable bonds is 10. The first-order valence-corrected chi connectivity index (χ1v) is 12.7. The molecule has 0 saturated carbocycles. The highest BCUT2D eigenvalue weighted by Crippen LogP contribution is 2.32. The van der Waals surface area contributed by atoms with Gasteiger partial charge in [-0.3, -0.25) is 9.10 Å². The summed E-state index contributed by atoms with van der Waals surface area (Å²) in [6, 6.07) is 15.3. The number of anilines is 2. The Morgan fingerprint density at radius 2 is 1.86 bits per heavy atom. The summed E-state index contributed by atoms with van der Waals surface area (Å²) in [7, 11) is -2.72. The zero-order valence-electron chi connectivity index (χ0n) is 20.0. The molecule has 194 valence electrons. The monoisotopic (exact) mass is 546 g/mol. The van der Waals surface area contributed by atoms with Gasteiger partial charge in [-0.15, -0.1) is 6.58 Å². The second kappa shape index (κ2) is 11.9. The number of carbonyl (C=O) groups is 2. The SMILES string of the molecule is C=CCN(c1ccccc1OC)S(=O)(=O)c1cccc(C(=O)OC(C)C(=O)Nc2ccc(F)cc2Cl)c1. The Kier molecular flexibility index (Phi) is 8.90. The molecule has 8 nitrogen and oxygen atoms in total. The molecule has 0 bridgehead atoms. The van der Waals surface area contributed by atoms with Crippen molar-refractivity contribution in [1.82, 2.24) is 0 Å². The molecule has 0 heterocycles. The maximum absolute atomic E-state index is 13.5. The van der Waals surface area contributed by atoms with E-state index in [1.54, 1.807) is 24.3 Å². The maximum atomic E-state index is 13.5. The number of methoxy groups -OCH3 is 1. The number of hydrogen-bond acceptors (Lipinski definition) is 6. The summed E-state index contributed by atoms with van der Waals surface area (Å²) in [5, 5.41) is 2.42. The van der Waals surface area contributed by atoms with E-state index in [0.29, 0.717) is 11.4 Å². The van der Waals surface area contributed by atoms with Crippen LogP contribution < -0.4 is 14.4 Å². The van der Waals surface area contributed by atoms with Crippen LogP contribution in [-0.2, 0) is 19.6 Å². The largest absolute Gasteiger partial charge is 0.495 e. The molecule has 0 aliphatic rings. The van der Waals surface area contributed by atoms with E-state index in [2.05, 4.69) is 11.9 Å². The molecule has 0 fully saturated rings. The average molecular weight is 547 g/mol. The first-order chi connectivity index (χ1) is 17.6. The van der Waals surface area contributed by atoms with Crippen molar-refractivity contribution in [3.05, 3.63) is 95.8 Å². The Hall–Kier alpha value is -3.89. The van der Waals surface area contributed by atoms with Crippen LogP contribution in [0.15, 0.2) is 84.3 Å². The number of hydrogen-bond donors (Lipinski definition) is 1. The van der Waals surface area contributed by atoms with Crippen molar-refractivity contribution in [1.29, 1.82) is 0 Å². The first-order valence-electron chi connectivity index (χ1n) is 10.9. The lowest BCUT2D eigenvalue weighted by Crippen LogP contribution is -2.32. The number of amides is 1. The van der Waals surface area contributed by atoms with Crippen molar-refractivity contribution in [3.63, 3.8) is 0 Å². The molecule has 11 heteroatoms. The van der Waals surface area contributed by atoms with Gasteiger partial charge in [0.2, 0.25) is 0 Å². The molecule has 0 aliphatic heterocycles. The predicted octanol–water partition coefficient (Wildman–Crippen LogP) is 5.05. The Morgan fingerprint density at radius 1 is 1.14 bits per heavy atom. The highest BCUT2D eigenvalue weighted by molar-refractivity contribution is 7.92. The summed E-state index contributed by atoms with van der Waals surface area (Å²) >= 11 is 5.91. The molecule has 0 spiro atoms. The van der Waals surface area contributed by atoms with Crippen molar-refractivity contribution in [3.8, 4) is 5.75 Å². The van der Waals surface area contributed by atoms with Crippen molar-refractivity contribution in [2.24, 2.45) is 0 Å². The van der Waals surface area contributed by atoms with Gasteiger partial charge in [-0.1, -0.05) is 35.9 Å². The second-order valence-corrected chi connectivity index (χ2v) is 9.95. The molecule has 0 aromatic heterocycles. The van der Waals surface area contributed by atoms with Gasteiger partial charge in [0, 0.05) is 0 Å². The van der Waals surface area contributed by atoms with Crippen LogP contribution in [0.3, 0.4) is 0 Å². The third-order valence-electron chi connectivity index (χ3n) is 5.15. The Balaban J connectivity index is 1.82. The molecule has 1 atom stereocenters. The minimum Gasteiger partial charge on any atom is -0.495 e. The molecule has 1 amide bonds. The summed E-state index contributed by atoms with van der Waals surface area (Å²) in [6.45, 7) is 4.91. The lowest BCUT2D eigenvalue weighted by atomic mass is 10.2. The molecular formula is C26H24ClFN2O6S. The lowest BCUT2D eigenvalue weighted by molar-refractivity contribution is -0.123. The number of nitrogens with one attached hydrogen (secondary N) is 1. The lowest BCUT2D eigenvalue weighted by Gasteiger charge is -2.25. The number of halogens is 2. The summed E-state index contributed by atoms with van der Waals surface area (Å²) in [5.74, 6) is -1.87. The van der Waals surface area contributed by atoms with E-state index in [-0.39, 0.29) is 27.7 Å². The number of nitrogens with zero attached hydrogens (tertiary/aromatic N) is 1. The number of para-hydroxylation sites is 2. The van der Waals surface area contributed by atoms with Crippen molar-refractivity contribution < 1.29 is 31.9 Å². The standard InChI is InChI=1S/C26H24ClFN2O6S/c1-4-14-30(23-10-5-6-11-24(23)35-3)37(33,34)20-9-7-8-18(15-20)26(32)36-17(2)25(31)29-22-13-12-19(28)16-21(22)27/h4-13,15-17H,1,14H2,2-3H3,(H,29,31). The van der Waals surface area contributed by atoms with Crippen molar-refractivity contribution in [2.75, 3.05) is 23.3 Å². The molecule has 1 N–H and O–H groups in total. The average Bonchev–Trinajstić information content (AvgIpc) is 2.88. The van der Waals surface area contributed by atoms with Crippen molar-refractivity contribution in [2.45, 2.75) is 17.9 Å². The van der Waals surface area contributed by atoms with Gasteiger partial charge in [-0.25, -0.2) is 17.6 Å². The predicted molar refractivity (Wildman–Crippen MR) is 139 cm³/mol. The molecule has 0 aliphatic carbocycles. The van der Waals surface area contributed by atoms with Crippen LogP contribution in [0.2, 0.25) is 5.02 Å². The summed E-state index contributed by atoms with van der Waals surface area (Å²) in [4.78, 5) is 25.0. The molecule has 37 heavy (non-hydrogen) atoms. The third-order valence-corrected chi connectivity index (χ3v) is 7.24. The van der Waals surface area contributed by atoms with Crippen LogP contribution in [0.25, 0.3) is 0 Å². The molecule has 3 aromatic rings. The topological polar surface area (TPSA) is 102 Å². The van der Waals surface area contributed by atoms with Gasteiger partial charge in [-0.2, -0.15) is 0 Å². The Labute approximate surface area is 219 Å². The van der Waals surface area contributed by atoms with Gasteiger partial charge < -0.3 is 14.8 Å². The zero-order valence-corrected chi connectivity index (χ0v) is 21.6. The van der Waals surface area contributed by atoms with Crippen LogP contribution in [0, 0.1) is 5.82 Å². The van der Waals surface area contributed by atoms with E-state index in [4.69, 9.17) is 21.1 Å². The van der Waals surface area contributed by atoms with Crippen LogP contribution in [-0.4, -0.2) is 40.1 Å². The summed E-state index contributed by atoms with van der Waals surface area (Å²) in [6.07, 6.45) is 0.162. The van der Waals surface area contributed by atoms with E-state index >= 15 is 0 Å². The summed E-state index contributed by atoms with van der Waals surface area (Å²) in [5.41, 5.74) is 0.351. The van der Waals surface area contributed by atoms with Gasteiger partial charge >= 0.3 is 5.97 Å². The van der Waals surface area contributed by atoms with Crippen LogP contribution in [0.5, 0.6) is 5.75 Å². The normalized spacial score (nSPS) is 11.8. The van der Waals surface area contributed by atoms with Crippen LogP contribution in [0.1, 0.15) is 17.3 Å². The number of ether oxygens (including phenoxy) is 2. The fraction of sp³-hybridized carbons (Fsp3) is 0.154. The minimum absolute atomic E-state index is 0.0242. The van der Waals surface area contributed by atoms with E-state index in [1.165, 1.54) is 44.4 Å². The molecule has 3 rings (SSSR count). The summed E-state index contributed by atoms with van der Waals surface area (Å²) < 4.78 is 51.9. The van der Waals surface area contributed by atoms with Gasteiger partial charge in [0.15, 0.2) is 6.10 Å². The quantitative estimate of drug-likeness (QED) is 0.282. The fourth-order valence-electron chi connectivity index (χ4n) is 3.30. The van der Waals surface area contributed by atoms with Crippen molar-refractivity contribution >= 4 is 44.9 Å². The van der Waals surface area contributed by atoms with Gasteiger partial charge in [0.25, 0.3) is 15.9 Å². The molecular weight excluding hydrogens is 523 g/mol. The van der Waals surface area contributed by atoms with Crippen LogP contribution in [0.4, 0.5) is 15.8 Å². The molecule has 0 saturated heterocycles.